The van der Waals surface area contributed by atoms with Gasteiger partial charge in [-0.05, 0) is 84.2 Å². The molecule has 172 valence electrons. The van der Waals surface area contributed by atoms with Crippen molar-refractivity contribution in [1.82, 2.24) is 9.13 Å². The minimum absolute atomic E-state index is 0.144. The van der Waals surface area contributed by atoms with E-state index in [1.807, 2.05) is 95.6 Å². The Hall–Kier alpha value is -3.22. The van der Waals surface area contributed by atoms with E-state index in [0.29, 0.717) is 6.54 Å². The van der Waals surface area contributed by atoms with Crippen LogP contribution in [0.15, 0.2) is 42.6 Å². The van der Waals surface area contributed by atoms with Crippen molar-refractivity contribution < 1.29 is 19.1 Å². The molecule has 0 unspecified atom stereocenters. The average molecular weight is 440 g/mol. The fraction of sp³-hybridized carbons (Fsp3) is 0.440. The second-order valence-corrected chi connectivity index (χ2v) is 9.94. The summed E-state index contributed by atoms with van der Waals surface area (Å²) < 4.78 is 14.4. The van der Waals surface area contributed by atoms with Gasteiger partial charge in [-0.2, -0.15) is 0 Å². The van der Waals surface area contributed by atoms with Gasteiger partial charge in [0.1, 0.15) is 17.7 Å². The van der Waals surface area contributed by atoms with E-state index in [1.165, 1.54) is 0 Å². The quantitative estimate of drug-likeness (QED) is 0.532. The van der Waals surface area contributed by atoms with Crippen molar-refractivity contribution in [2.45, 2.75) is 72.8 Å². The van der Waals surface area contributed by atoms with Gasteiger partial charge in [0.2, 0.25) is 0 Å². The molecule has 0 atom stereocenters. The van der Waals surface area contributed by atoms with Crippen LogP contribution in [0.1, 0.15) is 52.9 Å². The van der Waals surface area contributed by atoms with Crippen LogP contribution in [0, 0.1) is 6.92 Å². The number of esters is 1. The van der Waals surface area contributed by atoms with Crippen LogP contribution in [-0.2, 0) is 27.4 Å². The maximum absolute atomic E-state index is 12.6. The Labute approximate surface area is 189 Å². The summed E-state index contributed by atoms with van der Waals surface area (Å²) in [7, 11) is 0. The maximum Gasteiger partial charge on any atom is 0.418 e. The van der Waals surface area contributed by atoms with Crippen molar-refractivity contribution in [3.05, 3.63) is 54.0 Å². The first-order valence-corrected chi connectivity index (χ1v) is 10.8. The van der Waals surface area contributed by atoms with Crippen LogP contribution in [0.2, 0.25) is 0 Å². The van der Waals surface area contributed by atoms with Gasteiger partial charge in [-0.15, -0.1) is 0 Å². The van der Waals surface area contributed by atoms with Crippen LogP contribution in [0.4, 0.5) is 10.5 Å². The Balaban J connectivity index is 1.75. The lowest BCUT2D eigenvalue weighted by molar-refractivity contribution is -0.155. The molecule has 7 heteroatoms. The van der Waals surface area contributed by atoms with Crippen molar-refractivity contribution in [2.24, 2.45) is 0 Å². The molecule has 1 N–H and O–H groups in total. The normalized spacial score (nSPS) is 12.1. The third-order valence-corrected chi connectivity index (χ3v) is 4.70. The standard InChI is InChI=1S/C25H33N3O4/c1-17-8-11-20(28(17)23(30)32-25(5,6)7)15-26-19-10-9-18-12-13-27(21(18)14-19)16-22(29)31-24(2,3)4/h8-14,26H,15-16H2,1-7H3. The zero-order chi connectivity index (χ0) is 23.7. The molecule has 3 rings (SSSR count). The minimum atomic E-state index is -0.566. The summed E-state index contributed by atoms with van der Waals surface area (Å²) in [5, 5.41) is 4.41. The summed E-state index contributed by atoms with van der Waals surface area (Å²) >= 11 is 0. The SMILES string of the molecule is Cc1ccc(CNc2ccc3ccn(CC(=O)OC(C)(C)C)c3c2)n1C(=O)OC(C)(C)C. The van der Waals surface area contributed by atoms with E-state index in [1.54, 1.807) is 4.57 Å². The third kappa shape index (κ3) is 5.93. The molecule has 0 fully saturated rings. The fourth-order valence-corrected chi connectivity index (χ4v) is 3.44. The van der Waals surface area contributed by atoms with E-state index in [9.17, 15) is 9.59 Å². The third-order valence-electron chi connectivity index (χ3n) is 4.70. The van der Waals surface area contributed by atoms with E-state index < -0.39 is 17.3 Å². The largest absolute Gasteiger partial charge is 0.459 e. The lowest BCUT2D eigenvalue weighted by atomic mass is 10.2. The molecular weight excluding hydrogens is 406 g/mol. The minimum Gasteiger partial charge on any atom is -0.459 e. The molecule has 3 aromatic rings. The Kier molecular flexibility index (Phi) is 6.39. The van der Waals surface area contributed by atoms with E-state index >= 15 is 0 Å². The molecule has 0 aliphatic carbocycles. The van der Waals surface area contributed by atoms with Crippen LogP contribution in [0.25, 0.3) is 10.9 Å². The van der Waals surface area contributed by atoms with Gasteiger partial charge in [-0.25, -0.2) is 4.79 Å². The molecule has 0 saturated heterocycles. The van der Waals surface area contributed by atoms with Gasteiger partial charge in [0, 0.05) is 23.3 Å². The fourth-order valence-electron chi connectivity index (χ4n) is 3.44. The molecule has 1 aromatic carbocycles. The summed E-state index contributed by atoms with van der Waals surface area (Å²) in [4.78, 5) is 24.9. The Bertz CT molecular complexity index is 1130. The van der Waals surface area contributed by atoms with E-state index in [0.717, 1.165) is 28.0 Å². The van der Waals surface area contributed by atoms with Crippen LogP contribution in [-0.4, -0.2) is 32.4 Å². The monoisotopic (exact) mass is 439 g/mol. The predicted molar refractivity (Wildman–Crippen MR) is 126 cm³/mol. The first kappa shape index (κ1) is 23.4. The first-order chi connectivity index (χ1) is 14.8. The number of hydrogen-bond donors (Lipinski definition) is 1. The summed E-state index contributed by atoms with van der Waals surface area (Å²) in [6.07, 6.45) is 1.49. The van der Waals surface area contributed by atoms with Crippen LogP contribution in [0.5, 0.6) is 0 Å². The van der Waals surface area contributed by atoms with E-state index in [2.05, 4.69) is 5.32 Å². The Morgan fingerprint density at radius 1 is 0.938 bits per heavy atom. The molecule has 2 aromatic heterocycles. The highest BCUT2D eigenvalue weighted by Gasteiger charge is 2.21. The summed E-state index contributed by atoms with van der Waals surface area (Å²) in [5.41, 5.74) is 2.35. The molecule has 2 heterocycles. The number of anilines is 1. The van der Waals surface area contributed by atoms with Gasteiger partial charge >= 0.3 is 12.1 Å². The maximum atomic E-state index is 12.6. The predicted octanol–water partition coefficient (Wildman–Crippen LogP) is 5.49. The average Bonchev–Trinajstić information content (AvgIpc) is 3.20. The van der Waals surface area contributed by atoms with E-state index in [-0.39, 0.29) is 12.5 Å². The second-order valence-electron chi connectivity index (χ2n) is 9.94. The number of benzene rings is 1. The number of nitrogens with one attached hydrogen (secondary N) is 1. The van der Waals surface area contributed by atoms with Crippen molar-refractivity contribution in [1.29, 1.82) is 0 Å². The van der Waals surface area contributed by atoms with Crippen molar-refractivity contribution in [3.8, 4) is 0 Å². The molecule has 7 nitrogen and oxygen atoms in total. The molecular formula is C25H33N3O4. The number of carbonyl (C=O) groups is 2. The molecule has 0 bridgehead atoms. The second kappa shape index (κ2) is 8.73. The zero-order valence-corrected chi connectivity index (χ0v) is 20.0. The Morgan fingerprint density at radius 2 is 1.62 bits per heavy atom. The summed E-state index contributed by atoms with van der Waals surface area (Å²) in [5.74, 6) is -0.279. The molecule has 0 radical (unpaired) electrons. The van der Waals surface area contributed by atoms with Crippen molar-refractivity contribution >= 4 is 28.7 Å². The van der Waals surface area contributed by atoms with Crippen LogP contribution in [0.3, 0.4) is 0 Å². The number of ether oxygens (including phenoxy) is 2. The molecule has 0 aliphatic heterocycles. The first-order valence-electron chi connectivity index (χ1n) is 10.8. The lowest BCUT2D eigenvalue weighted by Crippen LogP contribution is -2.29. The summed E-state index contributed by atoms with van der Waals surface area (Å²) in [6, 6.07) is 11.8. The van der Waals surface area contributed by atoms with Gasteiger partial charge < -0.3 is 19.4 Å². The van der Waals surface area contributed by atoms with E-state index in [4.69, 9.17) is 9.47 Å². The van der Waals surface area contributed by atoms with Crippen molar-refractivity contribution in [2.75, 3.05) is 5.32 Å². The van der Waals surface area contributed by atoms with Gasteiger partial charge in [-0.3, -0.25) is 9.36 Å². The number of fused-ring (bicyclic) bond motifs is 1. The van der Waals surface area contributed by atoms with Gasteiger partial charge in [0.25, 0.3) is 0 Å². The zero-order valence-electron chi connectivity index (χ0n) is 20.0. The van der Waals surface area contributed by atoms with Gasteiger partial charge in [-0.1, -0.05) is 6.07 Å². The number of carbonyl (C=O) groups excluding carboxylic acids is 2. The summed E-state index contributed by atoms with van der Waals surface area (Å²) in [6.45, 7) is 13.6. The molecule has 32 heavy (non-hydrogen) atoms. The number of nitrogens with zero attached hydrogens (tertiary/aromatic N) is 2. The molecule has 0 amide bonds. The highest BCUT2D eigenvalue weighted by atomic mass is 16.6. The van der Waals surface area contributed by atoms with Crippen molar-refractivity contribution in [3.63, 3.8) is 0 Å². The number of hydrogen-bond acceptors (Lipinski definition) is 5. The topological polar surface area (TPSA) is 74.5 Å². The number of aryl methyl sites for hydroxylation is 1. The smallest absolute Gasteiger partial charge is 0.418 e. The molecule has 0 spiro atoms. The lowest BCUT2D eigenvalue weighted by Gasteiger charge is -2.21. The molecule has 0 saturated carbocycles. The van der Waals surface area contributed by atoms with Gasteiger partial charge in [0.05, 0.1) is 12.1 Å². The molecule has 0 aliphatic rings. The highest BCUT2D eigenvalue weighted by molar-refractivity contribution is 5.85. The number of aromatic nitrogens is 2. The highest BCUT2D eigenvalue weighted by Crippen LogP contribution is 2.22. The Morgan fingerprint density at radius 3 is 2.28 bits per heavy atom. The van der Waals surface area contributed by atoms with Crippen LogP contribution >= 0.6 is 0 Å². The number of rotatable bonds is 5. The van der Waals surface area contributed by atoms with Crippen LogP contribution < -0.4 is 5.32 Å². The van der Waals surface area contributed by atoms with Gasteiger partial charge in [0.15, 0.2) is 0 Å².